The fourth-order valence-corrected chi connectivity index (χ4v) is 3.10. The second-order valence-corrected chi connectivity index (χ2v) is 6.20. The van der Waals surface area contributed by atoms with Crippen molar-refractivity contribution in [3.63, 3.8) is 0 Å². The molecule has 1 amide bonds. The average molecular weight is 382 g/mol. The van der Waals surface area contributed by atoms with E-state index in [1.54, 1.807) is 0 Å². The number of carbonyl (C=O) groups is 1. The molecule has 146 valence electrons. The minimum atomic E-state index is -1.35. The highest BCUT2D eigenvalue weighted by Gasteiger charge is 2.35. The van der Waals surface area contributed by atoms with Gasteiger partial charge in [-0.3, -0.25) is 30.3 Å². The highest BCUT2D eigenvalue weighted by Crippen LogP contribution is 2.39. The van der Waals surface area contributed by atoms with E-state index in [0.29, 0.717) is 12.1 Å². The largest absolute Gasteiger partial charge is 0.441 e. The van der Waals surface area contributed by atoms with Crippen molar-refractivity contribution in [2.24, 2.45) is 0 Å². The van der Waals surface area contributed by atoms with Gasteiger partial charge in [0.1, 0.15) is 11.7 Å². The van der Waals surface area contributed by atoms with Crippen molar-refractivity contribution in [1.29, 1.82) is 0 Å². The van der Waals surface area contributed by atoms with E-state index in [1.807, 2.05) is 0 Å². The number of ether oxygens (including phenoxy) is 1. The predicted octanol–water partition coefficient (Wildman–Crippen LogP) is 3.53. The molecule has 1 N–H and O–H groups in total. The van der Waals surface area contributed by atoms with Gasteiger partial charge in [-0.15, -0.1) is 0 Å². The van der Waals surface area contributed by atoms with Crippen molar-refractivity contribution < 1.29 is 24.3 Å². The SMILES string of the molecule is CC(OC(=O)NC1CCCCC1)c1c([N+](=O)[O-])cc([N+](=O)[O-])cc1[N+](=O)[O-]. The van der Waals surface area contributed by atoms with Crippen molar-refractivity contribution in [2.45, 2.75) is 51.2 Å². The van der Waals surface area contributed by atoms with Crippen LogP contribution in [0.15, 0.2) is 12.1 Å². The Morgan fingerprint density at radius 3 is 2.00 bits per heavy atom. The molecule has 1 aromatic rings. The van der Waals surface area contributed by atoms with E-state index in [2.05, 4.69) is 5.32 Å². The maximum absolute atomic E-state index is 12.1. The lowest BCUT2D eigenvalue weighted by Gasteiger charge is -2.23. The predicted molar refractivity (Wildman–Crippen MR) is 91.3 cm³/mol. The molecule has 1 atom stereocenters. The lowest BCUT2D eigenvalue weighted by atomic mass is 9.96. The van der Waals surface area contributed by atoms with Gasteiger partial charge in [-0.1, -0.05) is 19.3 Å². The van der Waals surface area contributed by atoms with Crippen LogP contribution in [0, 0.1) is 30.3 Å². The molecule has 0 spiro atoms. The number of rotatable bonds is 6. The van der Waals surface area contributed by atoms with Crippen LogP contribution in [0.2, 0.25) is 0 Å². The van der Waals surface area contributed by atoms with Gasteiger partial charge in [0.05, 0.1) is 26.9 Å². The molecule has 2 rings (SSSR count). The van der Waals surface area contributed by atoms with Crippen LogP contribution in [-0.4, -0.2) is 26.9 Å². The van der Waals surface area contributed by atoms with Crippen molar-refractivity contribution in [3.8, 4) is 0 Å². The second kappa shape index (κ2) is 8.38. The van der Waals surface area contributed by atoms with E-state index in [-0.39, 0.29) is 6.04 Å². The Bertz CT molecular complexity index is 740. The van der Waals surface area contributed by atoms with Crippen LogP contribution in [0.5, 0.6) is 0 Å². The Hall–Kier alpha value is -3.31. The maximum atomic E-state index is 12.1. The first-order chi connectivity index (χ1) is 12.7. The molecule has 0 radical (unpaired) electrons. The molecule has 0 aromatic heterocycles. The smallest absolute Gasteiger partial charge is 0.407 e. The summed E-state index contributed by atoms with van der Waals surface area (Å²) in [5.74, 6) is 0. The van der Waals surface area contributed by atoms with Crippen LogP contribution >= 0.6 is 0 Å². The third kappa shape index (κ3) is 4.86. The summed E-state index contributed by atoms with van der Waals surface area (Å²) in [6.45, 7) is 1.24. The van der Waals surface area contributed by atoms with E-state index in [4.69, 9.17) is 4.74 Å². The molecule has 0 heterocycles. The van der Waals surface area contributed by atoms with Crippen LogP contribution < -0.4 is 5.32 Å². The highest BCUT2D eigenvalue weighted by molar-refractivity contribution is 5.69. The van der Waals surface area contributed by atoms with E-state index < -0.39 is 49.6 Å². The van der Waals surface area contributed by atoms with Crippen molar-refractivity contribution in [3.05, 3.63) is 48.0 Å². The van der Waals surface area contributed by atoms with Gasteiger partial charge in [0, 0.05) is 6.04 Å². The Morgan fingerprint density at radius 1 is 1.04 bits per heavy atom. The third-order valence-corrected chi connectivity index (χ3v) is 4.34. The molecule has 12 heteroatoms. The van der Waals surface area contributed by atoms with Crippen molar-refractivity contribution in [1.82, 2.24) is 5.32 Å². The van der Waals surface area contributed by atoms with E-state index in [9.17, 15) is 35.1 Å². The van der Waals surface area contributed by atoms with Gasteiger partial charge in [-0.25, -0.2) is 4.79 Å². The number of nitrogens with zero attached hydrogens (tertiary/aromatic N) is 3. The number of nitro benzene ring substituents is 3. The standard InChI is InChI=1S/C15H18N4O8/c1-9(27-15(20)16-10-5-3-2-4-6-10)14-12(18(23)24)7-11(17(21)22)8-13(14)19(25)26/h7-10H,2-6H2,1H3,(H,16,20). The van der Waals surface area contributed by atoms with Crippen molar-refractivity contribution in [2.75, 3.05) is 0 Å². The first kappa shape index (κ1) is 20.0. The number of hydrogen-bond acceptors (Lipinski definition) is 8. The lowest BCUT2D eigenvalue weighted by Crippen LogP contribution is -2.37. The Kier molecular flexibility index (Phi) is 6.21. The molecular formula is C15H18N4O8. The van der Waals surface area contributed by atoms with Gasteiger partial charge in [-0.2, -0.15) is 0 Å². The van der Waals surface area contributed by atoms with Crippen LogP contribution in [0.4, 0.5) is 21.9 Å². The van der Waals surface area contributed by atoms with Gasteiger partial charge in [0.25, 0.3) is 17.1 Å². The summed E-state index contributed by atoms with van der Waals surface area (Å²) in [6.07, 6.45) is 2.35. The van der Waals surface area contributed by atoms with Gasteiger partial charge < -0.3 is 10.1 Å². The monoisotopic (exact) mass is 382 g/mol. The molecule has 1 aliphatic rings. The van der Waals surface area contributed by atoms with E-state index >= 15 is 0 Å². The van der Waals surface area contributed by atoms with Crippen LogP contribution in [0.3, 0.4) is 0 Å². The number of nitro groups is 3. The van der Waals surface area contributed by atoms with Crippen LogP contribution in [-0.2, 0) is 4.74 Å². The van der Waals surface area contributed by atoms with Crippen LogP contribution in [0.25, 0.3) is 0 Å². The third-order valence-electron chi connectivity index (χ3n) is 4.34. The number of carbonyl (C=O) groups excluding carboxylic acids is 1. The number of alkyl carbamates (subject to hydrolysis) is 1. The molecule has 1 unspecified atom stereocenters. The molecule has 0 aliphatic heterocycles. The molecule has 1 saturated carbocycles. The molecular weight excluding hydrogens is 364 g/mol. The molecule has 1 fully saturated rings. The fourth-order valence-electron chi connectivity index (χ4n) is 3.10. The fraction of sp³-hybridized carbons (Fsp3) is 0.533. The minimum absolute atomic E-state index is 0.0831. The Balaban J connectivity index is 2.31. The first-order valence-electron chi connectivity index (χ1n) is 8.29. The summed E-state index contributed by atoms with van der Waals surface area (Å²) < 4.78 is 5.09. The van der Waals surface area contributed by atoms with Gasteiger partial charge in [0.15, 0.2) is 0 Å². The molecule has 12 nitrogen and oxygen atoms in total. The number of non-ortho nitro benzene ring substituents is 1. The topological polar surface area (TPSA) is 168 Å². The molecule has 1 aromatic carbocycles. The summed E-state index contributed by atoms with van der Waals surface area (Å²) in [6, 6.07) is 1.14. The number of hydrogen-bond donors (Lipinski definition) is 1. The number of amides is 1. The summed E-state index contributed by atoms with van der Waals surface area (Å²) in [5, 5.41) is 36.1. The summed E-state index contributed by atoms with van der Waals surface area (Å²) in [7, 11) is 0. The summed E-state index contributed by atoms with van der Waals surface area (Å²) >= 11 is 0. The van der Waals surface area contributed by atoms with E-state index in [0.717, 1.165) is 32.1 Å². The second-order valence-electron chi connectivity index (χ2n) is 6.20. The normalized spacial score (nSPS) is 15.6. The molecule has 0 saturated heterocycles. The zero-order valence-electron chi connectivity index (χ0n) is 14.5. The zero-order chi connectivity index (χ0) is 20.1. The molecule has 0 bridgehead atoms. The summed E-state index contributed by atoms with van der Waals surface area (Å²) in [4.78, 5) is 42.6. The number of benzene rings is 1. The molecule has 27 heavy (non-hydrogen) atoms. The Labute approximate surface area is 152 Å². The van der Waals surface area contributed by atoms with Gasteiger partial charge >= 0.3 is 6.09 Å². The van der Waals surface area contributed by atoms with Crippen molar-refractivity contribution >= 4 is 23.2 Å². The Morgan fingerprint density at radius 2 is 1.56 bits per heavy atom. The average Bonchev–Trinajstić information content (AvgIpc) is 2.60. The van der Waals surface area contributed by atoms with E-state index in [1.165, 1.54) is 6.92 Å². The summed E-state index contributed by atoms with van der Waals surface area (Å²) in [5.41, 5.74) is -3.01. The number of nitrogens with one attached hydrogen (secondary N) is 1. The lowest BCUT2D eigenvalue weighted by molar-refractivity contribution is -0.404. The quantitative estimate of drug-likeness (QED) is 0.575. The highest BCUT2D eigenvalue weighted by atomic mass is 16.6. The first-order valence-corrected chi connectivity index (χ1v) is 8.29. The maximum Gasteiger partial charge on any atom is 0.407 e. The zero-order valence-corrected chi connectivity index (χ0v) is 14.5. The minimum Gasteiger partial charge on any atom is -0.441 e. The van der Waals surface area contributed by atoms with Crippen LogP contribution in [0.1, 0.15) is 50.7 Å². The molecule has 1 aliphatic carbocycles. The van der Waals surface area contributed by atoms with Gasteiger partial charge in [-0.05, 0) is 19.8 Å². The van der Waals surface area contributed by atoms with Gasteiger partial charge in [0.2, 0.25) is 0 Å².